The van der Waals surface area contributed by atoms with Crippen molar-refractivity contribution in [2.24, 2.45) is 0 Å². The third-order valence-electron chi connectivity index (χ3n) is 3.03. The molecular formula is C11H19N3S. The quantitative estimate of drug-likeness (QED) is 0.845. The van der Waals surface area contributed by atoms with Crippen LogP contribution < -0.4 is 5.32 Å². The molecule has 15 heavy (non-hydrogen) atoms. The number of piperidine rings is 1. The van der Waals surface area contributed by atoms with Crippen molar-refractivity contribution in [3.63, 3.8) is 0 Å². The molecule has 0 saturated carbocycles. The summed E-state index contributed by atoms with van der Waals surface area (Å²) in [5.74, 6) is 0. The summed E-state index contributed by atoms with van der Waals surface area (Å²) in [6.07, 6.45) is 6.06. The number of thiazole rings is 1. The van der Waals surface area contributed by atoms with Gasteiger partial charge in [-0.25, -0.2) is 0 Å². The largest absolute Gasteiger partial charge is 0.318 e. The van der Waals surface area contributed by atoms with E-state index in [1.54, 1.807) is 11.3 Å². The van der Waals surface area contributed by atoms with Crippen molar-refractivity contribution in [1.29, 1.82) is 0 Å². The maximum Gasteiger partial charge on any atom is 0.0794 e. The van der Waals surface area contributed by atoms with Gasteiger partial charge in [-0.15, -0.1) is 11.3 Å². The van der Waals surface area contributed by atoms with Crippen LogP contribution in [-0.4, -0.2) is 36.1 Å². The van der Waals surface area contributed by atoms with Crippen LogP contribution in [0.25, 0.3) is 0 Å². The minimum absolute atomic E-state index is 0.714. The van der Waals surface area contributed by atoms with E-state index < -0.39 is 0 Å². The molecule has 0 aliphatic carbocycles. The van der Waals surface area contributed by atoms with Crippen molar-refractivity contribution in [3.8, 4) is 0 Å². The van der Waals surface area contributed by atoms with Gasteiger partial charge in [-0.1, -0.05) is 6.42 Å². The molecule has 1 N–H and O–H groups in total. The Bertz CT molecular complexity index is 271. The Morgan fingerprint density at radius 2 is 2.53 bits per heavy atom. The minimum atomic E-state index is 0.714. The van der Waals surface area contributed by atoms with Crippen LogP contribution in [0.3, 0.4) is 0 Å². The second kappa shape index (κ2) is 5.58. The van der Waals surface area contributed by atoms with E-state index in [2.05, 4.69) is 15.2 Å². The molecule has 1 atom stereocenters. The van der Waals surface area contributed by atoms with E-state index in [4.69, 9.17) is 0 Å². The molecule has 1 fully saturated rings. The van der Waals surface area contributed by atoms with Crippen molar-refractivity contribution < 1.29 is 0 Å². The fourth-order valence-electron chi connectivity index (χ4n) is 2.26. The molecule has 2 heterocycles. The Morgan fingerprint density at radius 1 is 1.60 bits per heavy atom. The molecule has 2 rings (SSSR count). The zero-order valence-electron chi connectivity index (χ0n) is 9.28. The molecule has 84 valence electrons. The molecule has 4 heteroatoms. The SMILES string of the molecule is CNCC1CCCCN1Cc1cncs1. The van der Waals surface area contributed by atoms with Gasteiger partial charge in [-0.2, -0.15) is 0 Å². The van der Waals surface area contributed by atoms with Gasteiger partial charge in [0.05, 0.1) is 5.51 Å². The van der Waals surface area contributed by atoms with E-state index in [9.17, 15) is 0 Å². The summed E-state index contributed by atoms with van der Waals surface area (Å²) in [5.41, 5.74) is 1.92. The molecule has 3 nitrogen and oxygen atoms in total. The maximum atomic E-state index is 4.13. The zero-order chi connectivity index (χ0) is 10.5. The normalized spacial score (nSPS) is 23.1. The Morgan fingerprint density at radius 3 is 3.27 bits per heavy atom. The van der Waals surface area contributed by atoms with Crippen LogP contribution in [0.2, 0.25) is 0 Å². The Hall–Kier alpha value is -0.450. The fraction of sp³-hybridized carbons (Fsp3) is 0.727. The van der Waals surface area contributed by atoms with Gasteiger partial charge < -0.3 is 5.32 Å². The Labute approximate surface area is 95.5 Å². The van der Waals surface area contributed by atoms with Crippen LogP contribution in [-0.2, 0) is 6.54 Å². The van der Waals surface area contributed by atoms with Gasteiger partial charge >= 0.3 is 0 Å². The van der Waals surface area contributed by atoms with Crippen molar-refractivity contribution >= 4 is 11.3 Å². The van der Waals surface area contributed by atoms with Crippen molar-refractivity contribution in [2.45, 2.75) is 31.8 Å². The van der Waals surface area contributed by atoms with E-state index in [1.165, 1.54) is 30.7 Å². The third-order valence-corrected chi connectivity index (χ3v) is 3.80. The molecule has 1 aromatic heterocycles. The van der Waals surface area contributed by atoms with E-state index in [1.807, 2.05) is 18.8 Å². The Balaban J connectivity index is 1.92. The van der Waals surface area contributed by atoms with Gasteiger partial charge in [-0.3, -0.25) is 9.88 Å². The molecular weight excluding hydrogens is 206 g/mol. The number of nitrogens with one attached hydrogen (secondary N) is 1. The summed E-state index contributed by atoms with van der Waals surface area (Å²) in [6.45, 7) is 3.43. The standard InChI is InChI=1S/C11H19N3S/c1-12-6-10-4-2-3-5-14(10)8-11-7-13-9-15-11/h7,9-10,12H,2-6,8H2,1H3. The maximum absolute atomic E-state index is 4.13. The van der Waals surface area contributed by atoms with Gasteiger partial charge in [0.2, 0.25) is 0 Å². The second-order valence-corrected chi connectivity index (χ2v) is 5.12. The summed E-state index contributed by atoms with van der Waals surface area (Å²) in [7, 11) is 2.04. The predicted molar refractivity (Wildman–Crippen MR) is 64.1 cm³/mol. The fourth-order valence-corrected chi connectivity index (χ4v) is 2.87. The topological polar surface area (TPSA) is 28.2 Å². The number of likely N-dealkylation sites (N-methyl/N-ethyl adjacent to an activating group) is 1. The minimum Gasteiger partial charge on any atom is -0.318 e. The molecule has 1 aromatic rings. The number of hydrogen-bond acceptors (Lipinski definition) is 4. The summed E-state index contributed by atoms with van der Waals surface area (Å²) < 4.78 is 0. The average molecular weight is 225 g/mol. The second-order valence-electron chi connectivity index (χ2n) is 4.15. The van der Waals surface area contributed by atoms with Gasteiger partial charge in [0.25, 0.3) is 0 Å². The first-order chi connectivity index (χ1) is 7.40. The van der Waals surface area contributed by atoms with Crippen LogP contribution in [0.15, 0.2) is 11.7 Å². The molecule has 1 unspecified atom stereocenters. The highest BCUT2D eigenvalue weighted by molar-refractivity contribution is 7.09. The number of aromatic nitrogens is 1. The monoisotopic (exact) mass is 225 g/mol. The van der Waals surface area contributed by atoms with E-state index in [0.717, 1.165) is 13.1 Å². The zero-order valence-corrected chi connectivity index (χ0v) is 10.1. The highest BCUT2D eigenvalue weighted by Crippen LogP contribution is 2.20. The number of nitrogens with zero attached hydrogens (tertiary/aromatic N) is 2. The van der Waals surface area contributed by atoms with Crippen LogP contribution in [0.4, 0.5) is 0 Å². The molecule has 0 radical (unpaired) electrons. The predicted octanol–water partition coefficient (Wildman–Crippen LogP) is 1.72. The molecule has 0 aromatic carbocycles. The highest BCUT2D eigenvalue weighted by Gasteiger charge is 2.21. The summed E-state index contributed by atoms with van der Waals surface area (Å²) in [4.78, 5) is 8.11. The summed E-state index contributed by atoms with van der Waals surface area (Å²) in [6, 6.07) is 0.714. The number of hydrogen-bond donors (Lipinski definition) is 1. The molecule has 0 spiro atoms. The molecule has 1 saturated heterocycles. The third kappa shape index (κ3) is 3.00. The number of likely N-dealkylation sites (tertiary alicyclic amines) is 1. The Kier molecular flexibility index (Phi) is 4.11. The van der Waals surface area contributed by atoms with Crippen molar-refractivity contribution in [3.05, 3.63) is 16.6 Å². The van der Waals surface area contributed by atoms with Crippen molar-refractivity contribution in [2.75, 3.05) is 20.1 Å². The van der Waals surface area contributed by atoms with Crippen LogP contribution >= 0.6 is 11.3 Å². The van der Waals surface area contributed by atoms with Crippen molar-refractivity contribution in [1.82, 2.24) is 15.2 Å². The molecule has 0 amide bonds. The molecule has 0 bridgehead atoms. The lowest BCUT2D eigenvalue weighted by Gasteiger charge is -2.35. The smallest absolute Gasteiger partial charge is 0.0794 e. The van der Waals surface area contributed by atoms with Gasteiger partial charge in [0.1, 0.15) is 0 Å². The summed E-state index contributed by atoms with van der Waals surface area (Å²) in [5, 5.41) is 3.29. The lowest BCUT2D eigenvalue weighted by atomic mass is 10.0. The van der Waals surface area contributed by atoms with E-state index >= 15 is 0 Å². The van der Waals surface area contributed by atoms with E-state index in [0.29, 0.717) is 6.04 Å². The molecule has 1 aliphatic rings. The van der Waals surface area contributed by atoms with E-state index in [-0.39, 0.29) is 0 Å². The van der Waals surface area contributed by atoms with Gasteiger partial charge in [0, 0.05) is 30.2 Å². The first-order valence-corrected chi connectivity index (χ1v) is 6.54. The highest BCUT2D eigenvalue weighted by atomic mass is 32.1. The number of rotatable bonds is 4. The lowest BCUT2D eigenvalue weighted by Crippen LogP contribution is -2.44. The van der Waals surface area contributed by atoms with Crippen LogP contribution in [0.5, 0.6) is 0 Å². The first kappa shape index (κ1) is 11.0. The average Bonchev–Trinajstić information content (AvgIpc) is 2.74. The lowest BCUT2D eigenvalue weighted by molar-refractivity contribution is 0.140. The summed E-state index contributed by atoms with van der Waals surface area (Å²) >= 11 is 1.76. The van der Waals surface area contributed by atoms with Crippen LogP contribution in [0, 0.1) is 0 Å². The van der Waals surface area contributed by atoms with Gasteiger partial charge in [-0.05, 0) is 26.4 Å². The molecule has 1 aliphatic heterocycles. The van der Waals surface area contributed by atoms with Crippen LogP contribution in [0.1, 0.15) is 24.1 Å². The van der Waals surface area contributed by atoms with Gasteiger partial charge in [0.15, 0.2) is 0 Å². The first-order valence-electron chi connectivity index (χ1n) is 5.66.